The number of β-amino-alcohol motifs (C(OH)–C–C–N with tert-alkyl or cyclic N) is 1. The van der Waals surface area contributed by atoms with Crippen molar-refractivity contribution >= 4 is 0 Å². The van der Waals surface area contributed by atoms with E-state index in [0.29, 0.717) is 29.7 Å². The van der Waals surface area contributed by atoms with Crippen molar-refractivity contribution in [3.05, 3.63) is 12.2 Å². The van der Waals surface area contributed by atoms with Crippen molar-refractivity contribution < 1.29 is 15.3 Å². The van der Waals surface area contributed by atoms with Crippen LogP contribution in [0.5, 0.6) is 0 Å². The van der Waals surface area contributed by atoms with Crippen molar-refractivity contribution in [1.82, 2.24) is 4.90 Å². The first kappa shape index (κ1) is 16.5. The lowest BCUT2D eigenvalue weighted by atomic mass is 9.38. The highest BCUT2D eigenvalue weighted by molar-refractivity contribution is 5.38. The van der Waals surface area contributed by atoms with Crippen molar-refractivity contribution in [2.45, 2.75) is 63.7 Å². The summed E-state index contributed by atoms with van der Waals surface area (Å²) in [6.07, 6.45) is 5.91. The fraction of sp³-hybridized carbons (Fsp3) is 0.909. The van der Waals surface area contributed by atoms with Crippen LogP contribution in [0.4, 0.5) is 0 Å². The van der Waals surface area contributed by atoms with E-state index < -0.39 is 12.2 Å². The summed E-state index contributed by atoms with van der Waals surface area (Å²) in [5.41, 5.74) is 1.10. The van der Waals surface area contributed by atoms with Gasteiger partial charge in [-0.2, -0.15) is 0 Å². The Labute approximate surface area is 156 Å². The Morgan fingerprint density at radius 2 is 1.96 bits per heavy atom. The van der Waals surface area contributed by atoms with Gasteiger partial charge in [0.25, 0.3) is 0 Å². The van der Waals surface area contributed by atoms with E-state index in [1.807, 2.05) is 0 Å². The predicted molar refractivity (Wildman–Crippen MR) is 98.2 cm³/mol. The van der Waals surface area contributed by atoms with Crippen LogP contribution in [0, 0.1) is 39.9 Å². The summed E-state index contributed by atoms with van der Waals surface area (Å²) in [5.74, 6) is 1.79. The lowest BCUT2D eigenvalue weighted by Crippen LogP contribution is -2.69. The summed E-state index contributed by atoms with van der Waals surface area (Å²) < 4.78 is 0. The number of aliphatic hydroxyl groups excluding tert-OH is 3. The SMILES string of the molecule is C=C1[C@H]2C[C@@H]3[C@@H]4N(CCO)C[C@]5(C)CCC[C@@]46[C@@H]5C[C@H](O)[C@]3([C@@H]1O)[C@H]6C2. The zero-order valence-corrected chi connectivity index (χ0v) is 15.9. The van der Waals surface area contributed by atoms with Crippen molar-refractivity contribution in [2.24, 2.45) is 39.9 Å². The maximum absolute atomic E-state index is 11.5. The molecule has 7 rings (SSSR count). The largest absolute Gasteiger partial charge is 0.395 e. The Balaban J connectivity index is 1.61. The molecule has 3 N–H and O–H groups in total. The molecule has 6 aliphatic carbocycles. The van der Waals surface area contributed by atoms with Crippen LogP contribution < -0.4 is 0 Å². The van der Waals surface area contributed by atoms with Crippen LogP contribution in [0.3, 0.4) is 0 Å². The predicted octanol–water partition coefficient (Wildman–Crippen LogP) is 1.79. The molecule has 1 heterocycles. The van der Waals surface area contributed by atoms with Crippen LogP contribution in [0.2, 0.25) is 0 Å². The van der Waals surface area contributed by atoms with Crippen molar-refractivity contribution in [3.8, 4) is 0 Å². The van der Waals surface area contributed by atoms with Gasteiger partial charge in [-0.15, -0.1) is 0 Å². The van der Waals surface area contributed by atoms with Crippen LogP contribution in [-0.4, -0.2) is 58.2 Å². The third-order valence-corrected chi connectivity index (χ3v) is 10.5. The minimum absolute atomic E-state index is 0.207. The first-order valence-electron chi connectivity index (χ1n) is 10.8. The smallest absolute Gasteiger partial charge is 0.0837 e. The number of rotatable bonds is 2. The van der Waals surface area contributed by atoms with Gasteiger partial charge >= 0.3 is 0 Å². The van der Waals surface area contributed by atoms with Gasteiger partial charge in [0.15, 0.2) is 0 Å². The minimum Gasteiger partial charge on any atom is -0.395 e. The Morgan fingerprint density at radius 1 is 1.15 bits per heavy atom. The molecule has 144 valence electrons. The molecular weight excluding hydrogens is 326 g/mol. The van der Waals surface area contributed by atoms with Gasteiger partial charge in [-0.3, -0.25) is 4.90 Å². The topological polar surface area (TPSA) is 63.9 Å². The molecule has 26 heavy (non-hydrogen) atoms. The van der Waals surface area contributed by atoms with Crippen molar-refractivity contribution in [3.63, 3.8) is 0 Å². The molecule has 0 radical (unpaired) electrons. The van der Waals surface area contributed by atoms with Gasteiger partial charge < -0.3 is 15.3 Å². The lowest BCUT2D eigenvalue weighted by molar-refractivity contribution is -0.235. The number of hydrogen-bond donors (Lipinski definition) is 3. The molecule has 4 nitrogen and oxygen atoms in total. The summed E-state index contributed by atoms with van der Waals surface area (Å²) in [6.45, 7) is 8.72. The van der Waals surface area contributed by atoms with E-state index in [4.69, 9.17) is 0 Å². The monoisotopic (exact) mass is 359 g/mol. The molecule has 0 aromatic rings. The van der Waals surface area contributed by atoms with Gasteiger partial charge in [0.2, 0.25) is 0 Å². The van der Waals surface area contributed by atoms with E-state index in [1.165, 1.54) is 19.3 Å². The number of nitrogens with zero attached hydrogens (tertiary/aromatic N) is 1. The summed E-state index contributed by atoms with van der Waals surface area (Å²) in [4.78, 5) is 2.59. The third-order valence-electron chi connectivity index (χ3n) is 10.5. The number of fused-ring (bicyclic) bond motifs is 1. The lowest BCUT2D eigenvalue weighted by Gasteiger charge is -2.69. The number of aliphatic hydroxyl groups is 3. The highest BCUT2D eigenvalue weighted by Gasteiger charge is 2.83. The zero-order valence-electron chi connectivity index (χ0n) is 15.9. The fourth-order valence-corrected chi connectivity index (χ4v) is 10.1. The first-order chi connectivity index (χ1) is 12.4. The van der Waals surface area contributed by atoms with E-state index in [-0.39, 0.29) is 22.9 Å². The molecule has 0 amide bonds. The molecule has 7 aliphatic rings. The van der Waals surface area contributed by atoms with E-state index in [9.17, 15) is 15.3 Å². The van der Waals surface area contributed by atoms with Crippen LogP contribution in [0.15, 0.2) is 12.2 Å². The molecule has 0 unspecified atom stereocenters. The van der Waals surface area contributed by atoms with Crippen molar-refractivity contribution in [1.29, 1.82) is 0 Å². The maximum atomic E-state index is 11.5. The number of hydrogen-bond acceptors (Lipinski definition) is 4. The Morgan fingerprint density at radius 3 is 2.73 bits per heavy atom. The zero-order chi connectivity index (χ0) is 18.1. The van der Waals surface area contributed by atoms with Crippen molar-refractivity contribution in [2.75, 3.05) is 19.7 Å². The second-order valence-electron chi connectivity index (χ2n) is 10.9. The molecule has 2 spiro atoms. The molecule has 1 aliphatic heterocycles. The molecule has 7 fully saturated rings. The van der Waals surface area contributed by atoms with Gasteiger partial charge in [0.05, 0.1) is 18.8 Å². The molecule has 0 aromatic heterocycles. The molecule has 4 heteroatoms. The Kier molecular flexibility index (Phi) is 3.03. The highest BCUT2D eigenvalue weighted by atomic mass is 16.3. The fourth-order valence-electron chi connectivity index (χ4n) is 10.1. The van der Waals surface area contributed by atoms with E-state index in [2.05, 4.69) is 18.4 Å². The summed E-state index contributed by atoms with van der Waals surface area (Å²) in [7, 11) is 0. The standard InChI is InChI=1S/C22H33NO3/c1-12-13-8-14-18-21-5-3-4-20(2,11-23(18)6-7-24)15(21)10-17(25)22(14,19(12)26)16(21)9-13/h13-19,24-26H,1,3-11H2,2H3/t13-,14+,15+,16-,17-,18-,19+,20-,21-,22+/m0/s1. The molecule has 6 bridgehead atoms. The molecule has 6 saturated carbocycles. The van der Waals surface area contributed by atoms with Gasteiger partial charge in [-0.1, -0.05) is 19.9 Å². The second-order valence-corrected chi connectivity index (χ2v) is 10.9. The number of likely N-dealkylation sites (tertiary alicyclic amines) is 1. The first-order valence-corrected chi connectivity index (χ1v) is 10.8. The van der Waals surface area contributed by atoms with E-state index >= 15 is 0 Å². The number of piperidine rings is 1. The molecule has 1 saturated heterocycles. The van der Waals surface area contributed by atoms with Gasteiger partial charge in [0, 0.05) is 24.5 Å². The van der Waals surface area contributed by atoms with Gasteiger partial charge in [-0.05, 0) is 72.2 Å². The second kappa shape index (κ2) is 4.76. The third kappa shape index (κ3) is 1.43. The summed E-state index contributed by atoms with van der Waals surface area (Å²) in [5, 5.41) is 32.7. The quantitative estimate of drug-likeness (QED) is 0.658. The molecule has 10 atom stereocenters. The average molecular weight is 360 g/mol. The maximum Gasteiger partial charge on any atom is 0.0837 e. The summed E-state index contributed by atoms with van der Waals surface area (Å²) >= 11 is 0. The normalized spacial score (nSPS) is 62.6. The van der Waals surface area contributed by atoms with Gasteiger partial charge in [-0.25, -0.2) is 0 Å². The molecule has 0 aromatic carbocycles. The van der Waals surface area contributed by atoms with Crippen LogP contribution in [0.25, 0.3) is 0 Å². The minimum atomic E-state index is -0.537. The van der Waals surface area contributed by atoms with Gasteiger partial charge in [0.1, 0.15) is 0 Å². The van der Waals surface area contributed by atoms with E-state index in [0.717, 1.165) is 37.9 Å². The van der Waals surface area contributed by atoms with Crippen LogP contribution in [-0.2, 0) is 0 Å². The highest BCUT2D eigenvalue weighted by Crippen LogP contribution is 2.82. The molecular formula is C22H33NO3. The van der Waals surface area contributed by atoms with E-state index in [1.54, 1.807) is 0 Å². The average Bonchev–Trinajstić information content (AvgIpc) is 2.69. The Hall–Kier alpha value is -0.420. The van der Waals surface area contributed by atoms with Crippen LogP contribution >= 0.6 is 0 Å². The summed E-state index contributed by atoms with van der Waals surface area (Å²) in [6, 6.07) is 0.433. The van der Waals surface area contributed by atoms with Crippen LogP contribution in [0.1, 0.15) is 45.4 Å². The Bertz CT molecular complexity index is 680.